The van der Waals surface area contributed by atoms with Crippen molar-refractivity contribution in [3.05, 3.63) is 28.5 Å². The van der Waals surface area contributed by atoms with Gasteiger partial charge in [-0.2, -0.15) is 0 Å². The summed E-state index contributed by atoms with van der Waals surface area (Å²) >= 11 is 6.09. The van der Waals surface area contributed by atoms with E-state index in [1.54, 1.807) is 0 Å². The van der Waals surface area contributed by atoms with Crippen LogP contribution in [0.3, 0.4) is 0 Å². The maximum atomic E-state index is 13.7. The lowest BCUT2D eigenvalue weighted by Gasteiger charge is -2.10. The molecule has 0 radical (unpaired) electrons. The van der Waals surface area contributed by atoms with Gasteiger partial charge < -0.3 is 4.74 Å². The standard InChI is InChI=1S/C12H11ClFNO2/c1-2-17-10-4-3-8(14)11(12(10)13)7-5-9(7)15-6-16/h3-4,7,9H,2,5H2,1H3. The van der Waals surface area contributed by atoms with Crippen LogP contribution in [0.15, 0.2) is 17.1 Å². The van der Waals surface area contributed by atoms with E-state index in [-0.39, 0.29) is 22.8 Å². The first-order valence-electron chi connectivity index (χ1n) is 5.36. The first kappa shape index (κ1) is 12.1. The molecule has 1 aliphatic rings. The van der Waals surface area contributed by atoms with Gasteiger partial charge >= 0.3 is 0 Å². The molecule has 0 heterocycles. The SMILES string of the molecule is CCOc1ccc(F)c(C2CC2N=C=O)c1Cl. The predicted molar refractivity (Wildman–Crippen MR) is 61.8 cm³/mol. The zero-order valence-corrected chi connectivity index (χ0v) is 10.00. The molecule has 0 bridgehead atoms. The van der Waals surface area contributed by atoms with Crippen LogP contribution in [-0.4, -0.2) is 18.7 Å². The van der Waals surface area contributed by atoms with Gasteiger partial charge in [0.2, 0.25) is 6.08 Å². The summed E-state index contributed by atoms with van der Waals surface area (Å²) in [7, 11) is 0. The highest BCUT2D eigenvalue weighted by Crippen LogP contribution is 2.48. The zero-order valence-electron chi connectivity index (χ0n) is 9.24. The zero-order chi connectivity index (χ0) is 12.4. The number of carbonyl (C=O) groups excluding carboxylic acids is 1. The highest BCUT2D eigenvalue weighted by Gasteiger charge is 2.42. The van der Waals surface area contributed by atoms with Crippen molar-refractivity contribution in [2.24, 2.45) is 4.99 Å². The number of hydrogen-bond donors (Lipinski definition) is 0. The van der Waals surface area contributed by atoms with E-state index in [2.05, 4.69) is 4.99 Å². The molecular formula is C12H11ClFNO2. The second-order valence-corrected chi connectivity index (χ2v) is 4.21. The van der Waals surface area contributed by atoms with Crippen LogP contribution in [0.2, 0.25) is 5.02 Å². The molecule has 1 aliphatic carbocycles. The van der Waals surface area contributed by atoms with Crippen molar-refractivity contribution in [3.63, 3.8) is 0 Å². The van der Waals surface area contributed by atoms with Gasteiger partial charge in [-0.3, -0.25) is 0 Å². The Bertz CT molecular complexity index is 486. The minimum absolute atomic E-state index is 0.135. The Morgan fingerprint density at radius 1 is 1.65 bits per heavy atom. The maximum absolute atomic E-state index is 13.7. The van der Waals surface area contributed by atoms with Gasteiger partial charge in [0.1, 0.15) is 11.6 Å². The van der Waals surface area contributed by atoms with Crippen molar-refractivity contribution in [2.45, 2.75) is 25.3 Å². The fourth-order valence-electron chi connectivity index (χ4n) is 1.86. The van der Waals surface area contributed by atoms with Gasteiger partial charge in [0.15, 0.2) is 0 Å². The second-order valence-electron chi connectivity index (χ2n) is 3.84. The van der Waals surface area contributed by atoms with Crippen molar-refractivity contribution in [1.29, 1.82) is 0 Å². The summed E-state index contributed by atoms with van der Waals surface area (Å²) in [5.41, 5.74) is 0.390. The minimum Gasteiger partial charge on any atom is -0.492 e. The van der Waals surface area contributed by atoms with Crippen LogP contribution in [0.4, 0.5) is 4.39 Å². The van der Waals surface area contributed by atoms with Crippen LogP contribution in [0.25, 0.3) is 0 Å². The summed E-state index contributed by atoms with van der Waals surface area (Å²) in [4.78, 5) is 13.7. The molecule has 1 saturated carbocycles. The van der Waals surface area contributed by atoms with Gasteiger partial charge in [-0.25, -0.2) is 14.2 Å². The van der Waals surface area contributed by atoms with Crippen LogP contribution >= 0.6 is 11.6 Å². The Morgan fingerprint density at radius 2 is 2.41 bits per heavy atom. The quantitative estimate of drug-likeness (QED) is 0.613. The van der Waals surface area contributed by atoms with Crippen molar-refractivity contribution in [3.8, 4) is 5.75 Å². The molecule has 2 unspecified atom stereocenters. The van der Waals surface area contributed by atoms with E-state index < -0.39 is 0 Å². The molecule has 0 N–H and O–H groups in total. The average molecular weight is 256 g/mol. The fraction of sp³-hybridized carbons (Fsp3) is 0.417. The molecule has 2 atom stereocenters. The lowest BCUT2D eigenvalue weighted by atomic mass is 10.1. The molecule has 0 spiro atoms. The molecule has 17 heavy (non-hydrogen) atoms. The molecule has 3 nitrogen and oxygen atoms in total. The van der Waals surface area contributed by atoms with Gasteiger partial charge in [0, 0.05) is 11.5 Å². The Hall–Kier alpha value is -1.38. The van der Waals surface area contributed by atoms with E-state index in [9.17, 15) is 9.18 Å². The smallest absolute Gasteiger partial charge is 0.235 e. The normalized spacial score (nSPS) is 21.8. The van der Waals surface area contributed by atoms with E-state index >= 15 is 0 Å². The van der Waals surface area contributed by atoms with Crippen molar-refractivity contribution in [2.75, 3.05) is 6.61 Å². The third kappa shape index (κ3) is 2.33. The van der Waals surface area contributed by atoms with E-state index in [0.29, 0.717) is 24.3 Å². The Morgan fingerprint density at radius 3 is 3.06 bits per heavy atom. The molecule has 0 aromatic heterocycles. The first-order chi connectivity index (χ1) is 8.19. The highest BCUT2D eigenvalue weighted by molar-refractivity contribution is 6.33. The summed E-state index contributed by atoms with van der Waals surface area (Å²) in [6.07, 6.45) is 2.11. The highest BCUT2D eigenvalue weighted by atomic mass is 35.5. The first-order valence-corrected chi connectivity index (χ1v) is 5.74. The molecule has 0 saturated heterocycles. The summed E-state index contributed by atoms with van der Waals surface area (Å²) in [6, 6.07) is 2.63. The van der Waals surface area contributed by atoms with Gasteiger partial charge in [0.25, 0.3) is 0 Å². The van der Waals surface area contributed by atoms with E-state index in [1.807, 2.05) is 6.92 Å². The second kappa shape index (κ2) is 4.86. The molecule has 1 fully saturated rings. The molecule has 90 valence electrons. The van der Waals surface area contributed by atoms with Crippen molar-refractivity contribution in [1.82, 2.24) is 0 Å². The largest absolute Gasteiger partial charge is 0.492 e. The number of ether oxygens (including phenoxy) is 1. The lowest BCUT2D eigenvalue weighted by Crippen LogP contribution is -1.98. The number of hydrogen-bond acceptors (Lipinski definition) is 3. The summed E-state index contributed by atoms with van der Waals surface area (Å²) in [5, 5.41) is 0.278. The molecule has 5 heteroatoms. The van der Waals surface area contributed by atoms with Crippen LogP contribution in [0.5, 0.6) is 5.75 Å². The number of rotatable bonds is 4. The fourth-order valence-corrected chi connectivity index (χ4v) is 2.21. The number of isocyanates is 1. The van der Waals surface area contributed by atoms with E-state index in [0.717, 1.165) is 0 Å². The van der Waals surface area contributed by atoms with Crippen LogP contribution < -0.4 is 4.74 Å². The Kier molecular flexibility index (Phi) is 3.46. The van der Waals surface area contributed by atoms with Gasteiger partial charge in [-0.05, 0) is 25.5 Å². The molecule has 0 aliphatic heterocycles. The number of nitrogens with zero attached hydrogens (tertiary/aromatic N) is 1. The maximum Gasteiger partial charge on any atom is 0.235 e. The molecule has 0 amide bonds. The monoisotopic (exact) mass is 255 g/mol. The predicted octanol–water partition coefficient (Wildman–Crippen LogP) is 3.07. The topological polar surface area (TPSA) is 38.7 Å². The third-order valence-electron chi connectivity index (χ3n) is 2.74. The average Bonchev–Trinajstić information content (AvgIpc) is 3.03. The van der Waals surface area contributed by atoms with Crippen LogP contribution in [0.1, 0.15) is 24.8 Å². The summed E-state index contributed by atoms with van der Waals surface area (Å²) in [6.45, 7) is 2.29. The number of halogens is 2. The minimum atomic E-state index is -0.382. The van der Waals surface area contributed by atoms with E-state index in [1.165, 1.54) is 18.2 Å². The molecule has 2 rings (SSSR count). The summed E-state index contributed by atoms with van der Waals surface area (Å²) < 4.78 is 19.0. The summed E-state index contributed by atoms with van der Waals surface area (Å²) in [5.74, 6) is -0.0530. The van der Waals surface area contributed by atoms with Crippen molar-refractivity contribution >= 4 is 17.7 Å². The van der Waals surface area contributed by atoms with Crippen LogP contribution in [-0.2, 0) is 4.79 Å². The number of aliphatic imine (C=N–C) groups is 1. The van der Waals surface area contributed by atoms with Gasteiger partial charge in [-0.15, -0.1) is 0 Å². The van der Waals surface area contributed by atoms with E-state index in [4.69, 9.17) is 16.3 Å². The van der Waals surface area contributed by atoms with Gasteiger partial charge in [-0.1, -0.05) is 11.6 Å². The van der Waals surface area contributed by atoms with Gasteiger partial charge in [0.05, 0.1) is 17.7 Å². The van der Waals surface area contributed by atoms with Crippen LogP contribution in [0, 0.1) is 5.82 Å². The lowest BCUT2D eigenvalue weighted by molar-refractivity contribution is 0.339. The van der Waals surface area contributed by atoms with Crippen molar-refractivity contribution < 1.29 is 13.9 Å². The molecule has 1 aromatic rings. The molecule has 1 aromatic carbocycles. The molecular weight excluding hydrogens is 245 g/mol. The number of benzene rings is 1. The Balaban J connectivity index is 2.33. The third-order valence-corrected chi connectivity index (χ3v) is 3.13. The Labute approximate surface area is 103 Å².